The van der Waals surface area contributed by atoms with Crippen LogP contribution in [0.5, 0.6) is 0 Å². The Morgan fingerprint density at radius 3 is 2.24 bits per heavy atom. The Morgan fingerprint density at radius 2 is 1.72 bits per heavy atom. The minimum absolute atomic E-state index is 0.00294. The predicted octanol–water partition coefficient (Wildman–Crippen LogP) is 2.16. The fourth-order valence-electron chi connectivity index (χ4n) is 3.16. The van der Waals surface area contributed by atoms with Crippen molar-refractivity contribution in [2.24, 2.45) is 5.92 Å². The number of rotatable bonds is 11. The molecule has 1 aliphatic carbocycles. The summed E-state index contributed by atoms with van der Waals surface area (Å²) in [6.07, 6.45) is 8.10. The maximum absolute atomic E-state index is 13.3. The lowest BCUT2D eigenvalue weighted by molar-refractivity contribution is 0.0617. The second-order valence-corrected chi connectivity index (χ2v) is 7.65. The van der Waals surface area contributed by atoms with Crippen LogP contribution in [0.1, 0.15) is 23.3 Å². The molecule has 1 saturated carbocycles. The molecule has 2 heterocycles. The van der Waals surface area contributed by atoms with E-state index >= 15 is 0 Å². The molecular formula is C21H31N5O3. The molecule has 2 aromatic heterocycles. The van der Waals surface area contributed by atoms with Crippen LogP contribution < -0.4 is 4.90 Å². The Balaban J connectivity index is 1.88. The molecule has 1 fully saturated rings. The van der Waals surface area contributed by atoms with E-state index < -0.39 is 0 Å². The van der Waals surface area contributed by atoms with Crippen LogP contribution in [0.25, 0.3) is 11.1 Å². The van der Waals surface area contributed by atoms with Gasteiger partial charge in [-0.2, -0.15) is 0 Å². The van der Waals surface area contributed by atoms with E-state index in [1.807, 2.05) is 31.3 Å². The highest BCUT2D eigenvalue weighted by Crippen LogP contribution is 2.33. The minimum Gasteiger partial charge on any atom is -0.383 e. The van der Waals surface area contributed by atoms with Crippen molar-refractivity contribution < 1.29 is 14.3 Å². The molecule has 0 unspecified atom stereocenters. The summed E-state index contributed by atoms with van der Waals surface area (Å²) in [7, 11) is 7.10. The summed E-state index contributed by atoms with van der Waals surface area (Å²) in [4.78, 5) is 25.8. The molecule has 0 saturated heterocycles. The standard InChI is InChI=1S/C21H31N5O3/c1-24(2)21-22-12-18(13-23-21)17-11-19(26(15-17)14-16-5-6-16)20(27)25(7-9-28-3)8-10-29-4/h11-13,15-16H,5-10,14H2,1-4H3. The normalized spacial score (nSPS) is 13.5. The fraction of sp³-hybridized carbons (Fsp3) is 0.571. The van der Waals surface area contributed by atoms with Gasteiger partial charge in [0, 0.05) is 77.7 Å². The van der Waals surface area contributed by atoms with Crippen LogP contribution in [0.4, 0.5) is 5.95 Å². The number of nitrogens with zero attached hydrogens (tertiary/aromatic N) is 5. The summed E-state index contributed by atoms with van der Waals surface area (Å²) < 4.78 is 12.5. The first-order chi connectivity index (χ1) is 14.0. The number of hydrogen-bond acceptors (Lipinski definition) is 6. The lowest BCUT2D eigenvalue weighted by Crippen LogP contribution is -2.37. The minimum atomic E-state index is -0.00294. The zero-order chi connectivity index (χ0) is 20.8. The highest BCUT2D eigenvalue weighted by Gasteiger charge is 2.26. The molecule has 3 rings (SSSR count). The highest BCUT2D eigenvalue weighted by molar-refractivity contribution is 5.94. The Labute approximate surface area is 172 Å². The third kappa shape index (κ3) is 5.55. The van der Waals surface area contributed by atoms with Gasteiger partial charge in [-0.25, -0.2) is 9.97 Å². The van der Waals surface area contributed by atoms with Crippen molar-refractivity contribution in [1.82, 2.24) is 19.4 Å². The maximum Gasteiger partial charge on any atom is 0.270 e. The van der Waals surface area contributed by atoms with Gasteiger partial charge in [0.15, 0.2) is 0 Å². The molecule has 0 spiro atoms. The third-order valence-electron chi connectivity index (χ3n) is 5.06. The van der Waals surface area contributed by atoms with Crippen molar-refractivity contribution in [3.8, 4) is 11.1 Å². The van der Waals surface area contributed by atoms with Crippen LogP contribution >= 0.6 is 0 Å². The van der Waals surface area contributed by atoms with E-state index in [1.54, 1.807) is 31.5 Å². The van der Waals surface area contributed by atoms with E-state index in [2.05, 4.69) is 14.5 Å². The molecule has 2 aromatic rings. The van der Waals surface area contributed by atoms with Crippen molar-refractivity contribution >= 4 is 11.9 Å². The first kappa shape index (κ1) is 21.3. The lowest BCUT2D eigenvalue weighted by Gasteiger charge is -2.22. The average Bonchev–Trinajstić information content (AvgIpc) is 3.44. The predicted molar refractivity (Wildman–Crippen MR) is 112 cm³/mol. The second kappa shape index (κ2) is 9.84. The van der Waals surface area contributed by atoms with E-state index in [4.69, 9.17) is 9.47 Å². The zero-order valence-corrected chi connectivity index (χ0v) is 17.8. The largest absolute Gasteiger partial charge is 0.383 e. The van der Waals surface area contributed by atoms with Gasteiger partial charge < -0.3 is 23.8 Å². The molecule has 8 nitrogen and oxygen atoms in total. The van der Waals surface area contributed by atoms with Crippen LogP contribution in [-0.2, 0) is 16.0 Å². The molecule has 29 heavy (non-hydrogen) atoms. The van der Waals surface area contributed by atoms with Crippen LogP contribution in [0.15, 0.2) is 24.7 Å². The average molecular weight is 402 g/mol. The summed E-state index contributed by atoms with van der Waals surface area (Å²) in [6, 6.07) is 1.95. The van der Waals surface area contributed by atoms with Gasteiger partial charge in [0.05, 0.1) is 13.2 Å². The Hall–Kier alpha value is -2.45. The topological polar surface area (TPSA) is 72.7 Å². The van der Waals surface area contributed by atoms with Crippen LogP contribution in [0.2, 0.25) is 0 Å². The van der Waals surface area contributed by atoms with E-state index in [0.717, 1.165) is 17.7 Å². The summed E-state index contributed by atoms with van der Waals surface area (Å²) in [5.41, 5.74) is 2.55. The SMILES string of the molecule is COCCN(CCOC)C(=O)c1cc(-c2cnc(N(C)C)nc2)cn1CC1CC1. The van der Waals surface area contributed by atoms with E-state index in [9.17, 15) is 4.79 Å². The van der Waals surface area contributed by atoms with Crippen molar-refractivity contribution in [3.63, 3.8) is 0 Å². The van der Waals surface area contributed by atoms with Gasteiger partial charge in [-0.3, -0.25) is 4.79 Å². The molecule has 0 N–H and O–H groups in total. The number of hydrogen-bond donors (Lipinski definition) is 0. The molecule has 0 bridgehead atoms. The molecule has 0 radical (unpaired) electrons. The Bertz CT molecular complexity index is 791. The molecule has 0 aromatic carbocycles. The lowest BCUT2D eigenvalue weighted by atomic mass is 10.2. The first-order valence-corrected chi connectivity index (χ1v) is 10.0. The fourth-order valence-corrected chi connectivity index (χ4v) is 3.16. The summed E-state index contributed by atoms with van der Waals surface area (Å²) >= 11 is 0. The molecule has 158 valence electrons. The number of anilines is 1. The summed E-state index contributed by atoms with van der Waals surface area (Å²) in [5, 5.41) is 0. The van der Waals surface area contributed by atoms with Gasteiger partial charge in [0.25, 0.3) is 5.91 Å². The molecule has 8 heteroatoms. The van der Waals surface area contributed by atoms with Crippen molar-refractivity contribution in [3.05, 3.63) is 30.4 Å². The Kier molecular flexibility index (Phi) is 7.22. The van der Waals surface area contributed by atoms with Crippen LogP contribution in [0.3, 0.4) is 0 Å². The Morgan fingerprint density at radius 1 is 1.10 bits per heavy atom. The number of carbonyl (C=O) groups excluding carboxylic acids is 1. The third-order valence-corrected chi connectivity index (χ3v) is 5.06. The van der Waals surface area contributed by atoms with Crippen molar-refractivity contribution in [2.75, 3.05) is 59.5 Å². The summed E-state index contributed by atoms with van der Waals surface area (Å²) in [5.74, 6) is 1.31. The summed E-state index contributed by atoms with van der Waals surface area (Å²) in [6.45, 7) is 2.91. The van der Waals surface area contributed by atoms with Gasteiger partial charge in [-0.1, -0.05) is 0 Å². The highest BCUT2D eigenvalue weighted by atomic mass is 16.5. The first-order valence-electron chi connectivity index (χ1n) is 10.0. The molecule has 1 aliphatic rings. The zero-order valence-electron chi connectivity index (χ0n) is 17.8. The van der Waals surface area contributed by atoms with Gasteiger partial charge in [-0.15, -0.1) is 0 Å². The quantitative estimate of drug-likeness (QED) is 0.575. The molecule has 1 amide bonds. The maximum atomic E-state index is 13.3. The number of methoxy groups -OCH3 is 2. The van der Waals surface area contributed by atoms with Crippen molar-refractivity contribution in [1.29, 1.82) is 0 Å². The van der Waals surface area contributed by atoms with Gasteiger partial charge >= 0.3 is 0 Å². The van der Waals surface area contributed by atoms with E-state index in [0.29, 0.717) is 43.9 Å². The number of ether oxygens (including phenoxy) is 2. The van der Waals surface area contributed by atoms with E-state index in [1.165, 1.54) is 12.8 Å². The molecular weight excluding hydrogens is 370 g/mol. The van der Waals surface area contributed by atoms with Crippen molar-refractivity contribution in [2.45, 2.75) is 19.4 Å². The van der Waals surface area contributed by atoms with Crippen LogP contribution in [0, 0.1) is 5.92 Å². The second-order valence-electron chi connectivity index (χ2n) is 7.65. The smallest absolute Gasteiger partial charge is 0.270 e. The number of carbonyl (C=O) groups is 1. The molecule has 0 aliphatic heterocycles. The molecule has 0 atom stereocenters. The van der Waals surface area contributed by atoms with E-state index in [-0.39, 0.29) is 5.91 Å². The van der Waals surface area contributed by atoms with Gasteiger partial charge in [0.2, 0.25) is 5.95 Å². The number of amides is 1. The van der Waals surface area contributed by atoms with Gasteiger partial charge in [0.1, 0.15) is 5.69 Å². The monoisotopic (exact) mass is 401 g/mol. The van der Waals surface area contributed by atoms with Crippen LogP contribution in [-0.4, -0.2) is 80.0 Å². The number of aromatic nitrogens is 3. The van der Waals surface area contributed by atoms with Gasteiger partial charge in [-0.05, 0) is 24.8 Å².